The number of ether oxygens (including phenoxy) is 2. The second-order valence-electron chi connectivity index (χ2n) is 16.0. The number of amides is 1. The van der Waals surface area contributed by atoms with Gasteiger partial charge in [-0.3, -0.25) is 19.7 Å². The first-order valence-corrected chi connectivity index (χ1v) is 20.1. The Balaban J connectivity index is 1.40. The van der Waals surface area contributed by atoms with E-state index in [0.29, 0.717) is 66.7 Å². The Bertz CT molecular complexity index is 2200. The minimum absolute atomic E-state index is 0.0220. The van der Waals surface area contributed by atoms with E-state index in [1.54, 1.807) is 38.4 Å². The van der Waals surface area contributed by atoms with Crippen molar-refractivity contribution < 1.29 is 23.8 Å². The van der Waals surface area contributed by atoms with Crippen LogP contribution in [-0.4, -0.2) is 121 Å². The number of allylic oxidation sites excluding steroid dienone is 3. The van der Waals surface area contributed by atoms with Crippen LogP contribution >= 0.6 is 0 Å². The van der Waals surface area contributed by atoms with E-state index in [1.807, 2.05) is 39.8 Å². The van der Waals surface area contributed by atoms with E-state index in [0.717, 1.165) is 79.6 Å². The van der Waals surface area contributed by atoms with Crippen molar-refractivity contribution >= 4 is 51.1 Å². The molecule has 57 heavy (non-hydrogen) atoms. The van der Waals surface area contributed by atoms with E-state index in [1.165, 1.54) is 11.0 Å². The van der Waals surface area contributed by atoms with Crippen LogP contribution in [0.5, 0.6) is 11.8 Å². The molecule has 1 aromatic heterocycles. The molecule has 0 atom stereocenters. The van der Waals surface area contributed by atoms with Gasteiger partial charge in [0.15, 0.2) is 0 Å². The van der Waals surface area contributed by atoms with Crippen LogP contribution in [0.4, 0.5) is 10.2 Å². The van der Waals surface area contributed by atoms with E-state index in [4.69, 9.17) is 35.2 Å². The molecule has 302 valence electrons. The molecule has 12 nitrogen and oxygen atoms in total. The number of hydrogen-bond donors (Lipinski definition) is 2. The maximum absolute atomic E-state index is 15.5. The summed E-state index contributed by atoms with van der Waals surface area (Å²) in [6, 6.07) is 6.71. The second kappa shape index (κ2) is 16.8. The van der Waals surface area contributed by atoms with Gasteiger partial charge in [0.1, 0.15) is 17.4 Å². The number of likely N-dealkylation sites (N-methyl/N-ethyl adjacent to an activating group) is 1. The first kappa shape index (κ1) is 40.1. The highest BCUT2D eigenvalue weighted by molar-refractivity contribution is 6.50. The summed E-state index contributed by atoms with van der Waals surface area (Å²) < 4.78 is 27.7. The number of fused-ring (bicyclic) bond motifs is 2. The van der Waals surface area contributed by atoms with Crippen molar-refractivity contribution in [3.05, 3.63) is 70.3 Å². The highest BCUT2D eigenvalue weighted by Gasteiger charge is 2.45. The average molecular weight is 779 g/mol. The van der Waals surface area contributed by atoms with Gasteiger partial charge in [-0.15, -0.1) is 0 Å². The maximum atomic E-state index is 15.5. The van der Waals surface area contributed by atoms with Crippen molar-refractivity contribution in [3.8, 4) is 11.8 Å². The minimum Gasteiger partial charge on any atom is -0.508 e. The van der Waals surface area contributed by atoms with Gasteiger partial charge in [-0.25, -0.2) is 4.39 Å². The number of phenols is 1. The van der Waals surface area contributed by atoms with Gasteiger partial charge in [-0.05, 0) is 98.7 Å². The summed E-state index contributed by atoms with van der Waals surface area (Å²) in [6.07, 6.45) is 9.01. The van der Waals surface area contributed by atoms with Crippen LogP contribution < -0.4 is 15.4 Å². The number of carbonyl (C=O) groups excluding carboxylic acids is 1. The molecule has 2 fully saturated rings. The Hall–Kier alpha value is -5.14. The fourth-order valence-corrected chi connectivity index (χ4v) is 8.07. The van der Waals surface area contributed by atoms with E-state index in [9.17, 15) is 9.90 Å². The quantitative estimate of drug-likeness (QED) is 0.227. The number of rotatable bonds is 11. The molecule has 7 rings (SSSR count). The molecule has 3 N–H and O–H groups in total. The summed E-state index contributed by atoms with van der Waals surface area (Å²) in [5.74, 6) is 0.148. The molecule has 3 aromatic rings. The van der Waals surface area contributed by atoms with Crippen LogP contribution in [0.1, 0.15) is 69.3 Å². The van der Waals surface area contributed by atoms with Gasteiger partial charge in [0, 0.05) is 69.4 Å². The Morgan fingerprint density at radius 2 is 1.95 bits per heavy atom. The molecule has 2 aliphatic carbocycles. The monoisotopic (exact) mass is 778 g/mol. The molecule has 3 heterocycles. The van der Waals surface area contributed by atoms with Gasteiger partial charge in [0.2, 0.25) is 0 Å². The van der Waals surface area contributed by atoms with Crippen LogP contribution in [0.3, 0.4) is 0 Å². The number of hydrogen-bond acceptors (Lipinski definition) is 11. The lowest BCUT2D eigenvalue weighted by Gasteiger charge is -2.31. The Labute approximate surface area is 334 Å². The molecule has 1 saturated carbocycles. The lowest BCUT2D eigenvalue weighted by Crippen LogP contribution is -2.41. The average Bonchev–Trinajstić information content (AvgIpc) is 3.99. The number of anilines is 1. The molecular weight excluding hydrogens is 724 g/mol. The van der Waals surface area contributed by atoms with Gasteiger partial charge >= 0.3 is 6.01 Å². The molecule has 13 heteroatoms. The number of nitrogens with zero attached hydrogens (tertiary/aromatic N) is 7. The van der Waals surface area contributed by atoms with Crippen molar-refractivity contribution in [2.75, 3.05) is 78.1 Å². The summed E-state index contributed by atoms with van der Waals surface area (Å²) in [7, 11) is 3.34. The number of aromatic hydroxyl groups is 1. The van der Waals surface area contributed by atoms with Gasteiger partial charge in [0.25, 0.3) is 5.91 Å². The van der Waals surface area contributed by atoms with Crippen LogP contribution in [0.25, 0.3) is 28.0 Å². The molecule has 0 unspecified atom stereocenters. The highest BCUT2D eigenvalue weighted by Crippen LogP contribution is 2.47. The lowest BCUT2D eigenvalue weighted by atomic mass is 9.82. The molecular formula is C44H55FN8O4. The number of halogens is 1. The zero-order valence-corrected chi connectivity index (χ0v) is 34.1. The number of aromatic nitrogens is 2. The minimum atomic E-state index is -0.297. The lowest BCUT2D eigenvalue weighted by molar-refractivity contribution is -0.124. The number of aryl methyl sites for hydroxylation is 1. The summed E-state index contributed by atoms with van der Waals surface area (Å²) in [4.78, 5) is 39.1. The predicted molar refractivity (Wildman–Crippen MR) is 226 cm³/mol. The highest BCUT2D eigenvalue weighted by atomic mass is 19.1. The third kappa shape index (κ3) is 8.59. The summed E-state index contributed by atoms with van der Waals surface area (Å²) in [5, 5.41) is 12.5. The van der Waals surface area contributed by atoms with Gasteiger partial charge < -0.3 is 30.1 Å². The van der Waals surface area contributed by atoms with E-state index >= 15 is 4.39 Å². The van der Waals surface area contributed by atoms with Gasteiger partial charge in [-0.1, -0.05) is 19.1 Å². The van der Waals surface area contributed by atoms with Gasteiger partial charge in [0.05, 0.1) is 54.7 Å². The molecule has 4 aliphatic rings. The SMILES string of the molecule is C/C=C1\C(=NC(C)C)C(c2cc(O)cc3ccc(F)c(CC)c23)=Cc2nc(OCC3(CN4CCOCC4)CC3)nc(N3CCCN=C(/C=C(\N)C(=O)N(C)C)C3)c21. The van der Waals surface area contributed by atoms with Crippen LogP contribution in [0.2, 0.25) is 0 Å². The molecule has 1 saturated heterocycles. The summed E-state index contributed by atoms with van der Waals surface area (Å²) in [5.41, 5.74) is 12.0. The van der Waals surface area contributed by atoms with Crippen molar-refractivity contribution in [1.82, 2.24) is 19.8 Å². The summed E-state index contributed by atoms with van der Waals surface area (Å²) >= 11 is 0. The summed E-state index contributed by atoms with van der Waals surface area (Å²) in [6.45, 7) is 14.2. The largest absolute Gasteiger partial charge is 0.508 e. The van der Waals surface area contributed by atoms with Crippen LogP contribution in [0.15, 0.2) is 52.1 Å². The molecule has 2 aliphatic heterocycles. The maximum Gasteiger partial charge on any atom is 0.318 e. The normalized spacial score (nSPS) is 20.1. The number of aliphatic imine (C=N–C) groups is 2. The number of nitrogens with two attached hydrogens (primary N) is 1. The van der Waals surface area contributed by atoms with E-state index in [2.05, 4.69) is 9.80 Å². The molecule has 1 amide bonds. The number of benzene rings is 2. The number of morpholine rings is 1. The van der Waals surface area contributed by atoms with Crippen molar-refractivity contribution in [2.24, 2.45) is 21.1 Å². The number of carbonyl (C=O) groups is 1. The van der Waals surface area contributed by atoms with Crippen molar-refractivity contribution in [2.45, 2.75) is 59.4 Å². The fourth-order valence-electron chi connectivity index (χ4n) is 8.07. The second-order valence-corrected chi connectivity index (χ2v) is 16.0. The molecule has 0 bridgehead atoms. The van der Waals surface area contributed by atoms with Crippen LogP contribution in [0, 0.1) is 11.2 Å². The van der Waals surface area contributed by atoms with Crippen LogP contribution in [-0.2, 0) is 16.0 Å². The topological polar surface area (TPSA) is 142 Å². The number of phenolic OH excluding ortho intramolecular Hbond substituents is 1. The zero-order valence-electron chi connectivity index (χ0n) is 34.1. The molecule has 2 aromatic carbocycles. The van der Waals surface area contributed by atoms with E-state index in [-0.39, 0.29) is 40.6 Å². The first-order valence-electron chi connectivity index (χ1n) is 20.1. The standard InChI is InChI=1S/C44H55FN8O4/c1-7-31-35(45)11-10-28-20-30(54)22-33(38(28)31)34-23-37-39(32(8-2)40(34)48-27(3)4)41(53-15-9-14-47-29(24-53)21-36(46)42(55)51(5)6)50-43(49-37)57-26-44(12-13-44)25-52-16-18-56-19-17-52/h8,10-11,20-23,27,54H,7,9,12-19,24-26,46H2,1-6H3/b32-8-,36-21-,48-40?. The Kier molecular flexibility index (Phi) is 11.8. The molecule has 0 spiro atoms. The third-order valence-electron chi connectivity index (χ3n) is 11.1. The van der Waals surface area contributed by atoms with E-state index < -0.39 is 0 Å². The first-order chi connectivity index (χ1) is 27.4. The third-order valence-corrected chi connectivity index (χ3v) is 11.1. The van der Waals surface area contributed by atoms with Crippen molar-refractivity contribution in [3.63, 3.8) is 0 Å². The molecule has 0 radical (unpaired) electrons. The van der Waals surface area contributed by atoms with Gasteiger partial charge in [-0.2, -0.15) is 9.97 Å². The smallest absolute Gasteiger partial charge is 0.318 e. The Morgan fingerprint density at radius 3 is 2.63 bits per heavy atom. The fraction of sp³-hybridized carbons (Fsp3) is 0.477. The zero-order chi connectivity index (χ0) is 40.4. The predicted octanol–water partition coefficient (Wildman–Crippen LogP) is 5.92. The van der Waals surface area contributed by atoms with Crippen molar-refractivity contribution in [1.29, 1.82) is 0 Å². The Morgan fingerprint density at radius 1 is 1.18 bits per heavy atom.